The molecule has 3 N–H and O–H groups in total. The zero-order chi connectivity index (χ0) is 23.5. The lowest BCUT2D eigenvalue weighted by Gasteiger charge is -2.28. The van der Waals surface area contributed by atoms with Crippen LogP contribution in [0.5, 0.6) is 0 Å². The number of hydrogen-bond donors (Lipinski definition) is 3. The SMILES string of the molecule is Cn1c(=O)c2c(c(Cc3ccc(F)c(F)c3)[n+]1O)N=CN(C(=O)NCCN1CCNCC1)C2. The van der Waals surface area contributed by atoms with E-state index >= 15 is 0 Å². The number of urea groups is 1. The molecule has 0 bridgehead atoms. The molecule has 0 aliphatic carbocycles. The molecule has 0 atom stereocenters. The molecule has 1 aromatic carbocycles. The number of hydrogen-bond acceptors (Lipinski definition) is 6. The lowest BCUT2D eigenvalue weighted by atomic mass is 10.1. The molecule has 0 radical (unpaired) electrons. The fourth-order valence-corrected chi connectivity index (χ4v) is 3.94. The summed E-state index contributed by atoms with van der Waals surface area (Å²) in [6.45, 7) is 4.84. The average molecular weight is 462 g/mol. The van der Waals surface area contributed by atoms with Gasteiger partial charge in [-0.3, -0.25) is 19.8 Å². The van der Waals surface area contributed by atoms with Crippen LogP contribution in [-0.2, 0) is 20.0 Å². The number of amides is 2. The van der Waals surface area contributed by atoms with Gasteiger partial charge in [0, 0.05) is 39.3 Å². The zero-order valence-electron chi connectivity index (χ0n) is 18.2. The number of benzene rings is 1. The fourth-order valence-electron chi connectivity index (χ4n) is 3.94. The van der Waals surface area contributed by atoms with E-state index in [-0.39, 0.29) is 35.9 Å². The lowest BCUT2D eigenvalue weighted by Crippen LogP contribution is -2.54. The van der Waals surface area contributed by atoms with Gasteiger partial charge < -0.3 is 10.6 Å². The number of aliphatic imine (C=N–C) groups is 1. The Labute approximate surface area is 188 Å². The summed E-state index contributed by atoms with van der Waals surface area (Å²) in [5.41, 5.74) is 0.515. The Balaban J connectivity index is 1.51. The Morgan fingerprint density at radius 1 is 1.27 bits per heavy atom. The Hall–Kier alpha value is -3.38. The van der Waals surface area contributed by atoms with Crippen LogP contribution in [0.2, 0.25) is 0 Å². The van der Waals surface area contributed by atoms with Gasteiger partial charge in [-0.25, -0.2) is 18.6 Å². The molecule has 0 unspecified atom stereocenters. The summed E-state index contributed by atoms with van der Waals surface area (Å²) in [7, 11) is 1.37. The van der Waals surface area contributed by atoms with Gasteiger partial charge in [-0.05, 0) is 17.7 Å². The second kappa shape index (κ2) is 9.63. The standard InChI is InChI=1S/C21H25F2N7O3/c1-27-20(31)15-12-29(21(32)25-6-9-28-7-4-24-5-8-28)13-26-19(15)18(30(27)33)11-14-2-3-16(22)17(23)10-14/h2-3,10,13,24H,4-9,11-12H2,1H3,(H-,25,31,32,33)/p+1. The highest BCUT2D eigenvalue weighted by atomic mass is 19.2. The Kier molecular flexibility index (Phi) is 6.65. The lowest BCUT2D eigenvalue weighted by molar-refractivity contribution is -0.970. The molecule has 1 saturated heterocycles. The molecule has 0 saturated carbocycles. The van der Waals surface area contributed by atoms with Crippen LogP contribution in [0.4, 0.5) is 19.3 Å². The molecule has 1 fully saturated rings. The van der Waals surface area contributed by atoms with Crippen molar-refractivity contribution in [3.8, 4) is 0 Å². The largest absolute Gasteiger partial charge is 0.336 e. The van der Waals surface area contributed by atoms with Gasteiger partial charge in [-0.2, -0.15) is 0 Å². The highest BCUT2D eigenvalue weighted by Crippen LogP contribution is 2.26. The molecule has 10 nitrogen and oxygen atoms in total. The van der Waals surface area contributed by atoms with Crippen molar-refractivity contribution in [2.24, 2.45) is 12.0 Å². The predicted octanol–water partition coefficient (Wildman–Crippen LogP) is -0.131. The predicted molar refractivity (Wildman–Crippen MR) is 115 cm³/mol. The van der Waals surface area contributed by atoms with Gasteiger partial charge >= 0.3 is 11.6 Å². The number of rotatable bonds is 5. The number of halogens is 2. The van der Waals surface area contributed by atoms with Crippen molar-refractivity contribution in [2.75, 3.05) is 39.3 Å². The van der Waals surface area contributed by atoms with E-state index in [9.17, 15) is 23.6 Å². The van der Waals surface area contributed by atoms with Crippen molar-refractivity contribution in [1.29, 1.82) is 0 Å². The first kappa shape index (κ1) is 22.8. The maximum atomic E-state index is 13.6. The Bertz CT molecular complexity index is 1150. The molecule has 176 valence electrons. The molecule has 4 rings (SSSR count). The highest BCUT2D eigenvalue weighted by molar-refractivity contribution is 5.88. The summed E-state index contributed by atoms with van der Waals surface area (Å²) in [5.74, 6) is -1.99. The Morgan fingerprint density at radius 3 is 2.76 bits per heavy atom. The maximum Gasteiger partial charge on any atom is 0.322 e. The molecule has 12 heteroatoms. The Morgan fingerprint density at radius 2 is 2.03 bits per heavy atom. The van der Waals surface area contributed by atoms with E-state index in [1.165, 1.54) is 24.4 Å². The van der Waals surface area contributed by atoms with Crippen LogP contribution in [0, 0.1) is 11.6 Å². The minimum Gasteiger partial charge on any atom is -0.336 e. The van der Waals surface area contributed by atoms with Gasteiger partial charge in [0.2, 0.25) is 0 Å². The normalized spacial score (nSPS) is 16.0. The van der Waals surface area contributed by atoms with Gasteiger partial charge in [0.15, 0.2) is 17.3 Å². The van der Waals surface area contributed by atoms with Crippen LogP contribution in [0.3, 0.4) is 0 Å². The molecular formula is C21H26F2N7O3+. The summed E-state index contributed by atoms with van der Waals surface area (Å²) in [6, 6.07) is 3.03. The summed E-state index contributed by atoms with van der Waals surface area (Å²) < 4.78 is 27.9. The minimum atomic E-state index is -1.01. The van der Waals surface area contributed by atoms with Crippen LogP contribution < -0.4 is 21.0 Å². The van der Waals surface area contributed by atoms with Crippen LogP contribution in [0.25, 0.3) is 0 Å². The van der Waals surface area contributed by atoms with E-state index in [4.69, 9.17) is 0 Å². The van der Waals surface area contributed by atoms with E-state index in [0.29, 0.717) is 17.0 Å². The van der Waals surface area contributed by atoms with Crippen LogP contribution in [0.15, 0.2) is 28.0 Å². The summed E-state index contributed by atoms with van der Waals surface area (Å²) in [6.07, 6.45) is 1.30. The van der Waals surface area contributed by atoms with Gasteiger partial charge in [-0.15, -0.1) is 0 Å². The fraction of sp³-hybridized carbons (Fsp3) is 0.429. The number of carbonyl (C=O) groups is 1. The summed E-state index contributed by atoms with van der Waals surface area (Å²) in [4.78, 5) is 33.8. The number of fused-ring (bicyclic) bond motifs is 1. The molecule has 2 aromatic rings. The quantitative estimate of drug-likeness (QED) is 0.424. The number of nitrogens with zero attached hydrogens (tertiary/aromatic N) is 5. The molecule has 2 aliphatic heterocycles. The second-order valence-corrected chi connectivity index (χ2v) is 8.01. The van der Waals surface area contributed by atoms with Gasteiger partial charge in [0.05, 0.1) is 31.9 Å². The van der Waals surface area contributed by atoms with Crippen molar-refractivity contribution in [1.82, 2.24) is 25.1 Å². The van der Waals surface area contributed by atoms with Crippen LogP contribution >= 0.6 is 0 Å². The zero-order valence-corrected chi connectivity index (χ0v) is 18.2. The highest BCUT2D eigenvalue weighted by Gasteiger charge is 2.32. The van der Waals surface area contributed by atoms with E-state index in [2.05, 4.69) is 20.5 Å². The monoisotopic (exact) mass is 462 g/mol. The molecule has 33 heavy (non-hydrogen) atoms. The first-order valence-corrected chi connectivity index (χ1v) is 10.7. The third-order valence-electron chi connectivity index (χ3n) is 5.82. The van der Waals surface area contributed by atoms with E-state index in [1.807, 2.05) is 0 Å². The van der Waals surface area contributed by atoms with E-state index in [1.54, 1.807) is 0 Å². The molecule has 2 amide bonds. The molecule has 0 spiro atoms. The molecule has 3 heterocycles. The van der Waals surface area contributed by atoms with Crippen molar-refractivity contribution < 1.29 is 23.6 Å². The molecule has 1 aromatic heterocycles. The van der Waals surface area contributed by atoms with Crippen molar-refractivity contribution in [2.45, 2.75) is 13.0 Å². The van der Waals surface area contributed by atoms with E-state index < -0.39 is 17.2 Å². The molecular weight excluding hydrogens is 436 g/mol. The molecule has 2 aliphatic rings. The first-order chi connectivity index (χ1) is 15.8. The second-order valence-electron chi connectivity index (χ2n) is 8.01. The number of aromatic nitrogens is 2. The maximum absolute atomic E-state index is 13.6. The average Bonchev–Trinajstić information content (AvgIpc) is 2.83. The number of carbonyl (C=O) groups excluding carboxylic acids is 1. The first-order valence-electron chi connectivity index (χ1n) is 10.7. The van der Waals surface area contributed by atoms with Crippen LogP contribution in [0.1, 0.15) is 16.8 Å². The van der Waals surface area contributed by atoms with Crippen molar-refractivity contribution >= 4 is 18.1 Å². The summed E-state index contributed by atoms with van der Waals surface area (Å²) in [5, 5.41) is 16.6. The summed E-state index contributed by atoms with van der Waals surface area (Å²) >= 11 is 0. The van der Waals surface area contributed by atoms with Gasteiger partial charge in [0.25, 0.3) is 5.69 Å². The van der Waals surface area contributed by atoms with Crippen molar-refractivity contribution in [3.63, 3.8) is 0 Å². The number of nitrogens with one attached hydrogen (secondary N) is 2. The van der Waals surface area contributed by atoms with Gasteiger partial charge in [-0.1, -0.05) is 10.7 Å². The topological polar surface area (TPSA) is 106 Å². The minimum absolute atomic E-state index is 0.00161. The smallest absolute Gasteiger partial charge is 0.322 e. The third-order valence-corrected chi connectivity index (χ3v) is 5.82. The third kappa shape index (κ3) is 4.86. The van der Waals surface area contributed by atoms with Crippen LogP contribution in [-0.4, -0.2) is 71.3 Å². The van der Waals surface area contributed by atoms with E-state index in [0.717, 1.165) is 49.5 Å². The number of piperazine rings is 1. The van der Waals surface area contributed by atoms with Gasteiger partial charge in [0.1, 0.15) is 4.85 Å². The van der Waals surface area contributed by atoms with Crippen molar-refractivity contribution in [3.05, 3.63) is 57.0 Å².